The smallest absolute Gasteiger partial charge is 0.410 e. The highest BCUT2D eigenvalue weighted by atomic mass is 19.1. The van der Waals surface area contributed by atoms with Gasteiger partial charge in [0.25, 0.3) is 0 Å². The van der Waals surface area contributed by atoms with Gasteiger partial charge in [0.1, 0.15) is 17.1 Å². The summed E-state index contributed by atoms with van der Waals surface area (Å²) in [7, 11) is 0. The lowest BCUT2D eigenvalue weighted by molar-refractivity contribution is -0.131. The number of aryl methyl sites for hydroxylation is 1. The summed E-state index contributed by atoms with van der Waals surface area (Å²) >= 11 is 0. The van der Waals surface area contributed by atoms with Gasteiger partial charge in [-0.05, 0) is 111 Å². The molecule has 2 aromatic heterocycles. The maximum atomic E-state index is 13.4. The lowest BCUT2D eigenvalue weighted by atomic mass is 9.86. The Labute approximate surface area is 245 Å². The number of H-pyrrole nitrogens is 1. The van der Waals surface area contributed by atoms with Crippen molar-refractivity contribution >= 4 is 23.0 Å². The van der Waals surface area contributed by atoms with E-state index in [9.17, 15) is 14.0 Å². The van der Waals surface area contributed by atoms with Crippen molar-refractivity contribution in [2.45, 2.75) is 71.6 Å². The number of likely N-dealkylation sites (tertiary alicyclic amines) is 1. The van der Waals surface area contributed by atoms with E-state index in [1.807, 2.05) is 43.0 Å². The van der Waals surface area contributed by atoms with Crippen LogP contribution in [0, 0.1) is 12.7 Å². The highest BCUT2D eigenvalue weighted by Gasteiger charge is 2.36. The Morgan fingerprint density at radius 3 is 2.64 bits per heavy atom. The fraction of sp³-hybridized carbons (Fsp3) is 0.382. The zero-order chi connectivity index (χ0) is 29.6. The van der Waals surface area contributed by atoms with Gasteiger partial charge in [0.15, 0.2) is 0 Å². The first-order valence-electron chi connectivity index (χ1n) is 14.7. The molecule has 0 spiro atoms. The van der Waals surface area contributed by atoms with Crippen LogP contribution in [0.1, 0.15) is 67.5 Å². The Bertz CT molecular complexity index is 1650. The van der Waals surface area contributed by atoms with Crippen molar-refractivity contribution in [3.8, 4) is 11.1 Å². The van der Waals surface area contributed by atoms with Crippen LogP contribution in [0.15, 0.2) is 54.9 Å². The summed E-state index contributed by atoms with van der Waals surface area (Å²) in [6, 6.07) is 12.6. The van der Waals surface area contributed by atoms with Gasteiger partial charge in [-0.1, -0.05) is 12.1 Å². The molecule has 1 atom stereocenters. The van der Waals surface area contributed by atoms with Crippen molar-refractivity contribution in [2.24, 2.45) is 0 Å². The van der Waals surface area contributed by atoms with Crippen LogP contribution in [0.4, 0.5) is 9.18 Å². The van der Waals surface area contributed by atoms with Gasteiger partial charge in [0, 0.05) is 43.0 Å². The number of hydrogen-bond acceptors (Lipinski definition) is 4. The standard InChI is InChI=1S/C34H37FN4O3/c1-21-18-36-32-28(21)17-24(19-37-32)23-15-25-20-38(31(40)14-22-7-9-26(35)10-8-22)13-11-27(25)29(16-23)30-6-5-12-39(30)33(41)42-34(2,3)4/h7-10,15-19,30H,5-6,11-14,20H2,1-4H3,(H,36,37)/t30-/m0/s1. The molecule has 4 aromatic rings. The average Bonchev–Trinajstić information content (AvgIpc) is 3.59. The average molecular weight is 569 g/mol. The topological polar surface area (TPSA) is 78.5 Å². The minimum Gasteiger partial charge on any atom is -0.444 e. The third kappa shape index (κ3) is 5.62. The van der Waals surface area contributed by atoms with Gasteiger partial charge < -0.3 is 19.5 Å². The van der Waals surface area contributed by atoms with Gasteiger partial charge in [-0.15, -0.1) is 0 Å². The molecule has 0 bridgehead atoms. The predicted octanol–water partition coefficient (Wildman–Crippen LogP) is 6.88. The lowest BCUT2D eigenvalue weighted by Gasteiger charge is -2.34. The third-order valence-corrected chi connectivity index (χ3v) is 8.30. The minimum atomic E-state index is -0.577. The second-order valence-corrected chi connectivity index (χ2v) is 12.5. The molecule has 0 aliphatic carbocycles. The Morgan fingerprint density at radius 1 is 1.10 bits per heavy atom. The zero-order valence-electron chi connectivity index (χ0n) is 24.7. The number of hydrogen-bond donors (Lipinski definition) is 1. The van der Waals surface area contributed by atoms with Crippen LogP contribution in [-0.2, 0) is 28.9 Å². The fourth-order valence-electron chi connectivity index (χ4n) is 6.22. The van der Waals surface area contributed by atoms with E-state index in [1.54, 1.807) is 12.1 Å². The van der Waals surface area contributed by atoms with E-state index < -0.39 is 5.60 Å². The highest BCUT2D eigenvalue weighted by molar-refractivity contribution is 5.85. The highest BCUT2D eigenvalue weighted by Crippen LogP contribution is 2.40. The number of nitrogens with one attached hydrogen (secondary N) is 1. The number of halogens is 1. The maximum absolute atomic E-state index is 13.4. The molecule has 0 unspecified atom stereocenters. The van der Waals surface area contributed by atoms with Crippen molar-refractivity contribution in [3.05, 3.63) is 88.5 Å². The Balaban J connectivity index is 1.37. The molecule has 1 saturated heterocycles. The number of carbonyl (C=O) groups excluding carboxylic acids is 2. The van der Waals surface area contributed by atoms with E-state index in [0.29, 0.717) is 26.1 Å². The lowest BCUT2D eigenvalue weighted by Crippen LogP contribution is -2.39. The molecule has 8 heteroatoms. The predicted molar refractivity (Wildman–Crippen MR) is 160 cm³/mol. The number of fused-ring (bicyclic) bond motifs is 2. The molecule has 2 amide bonds. The zero-order valence-corrected chi connectivity index (χ0v) is 24.7. The van der Waals surface area contributed by atoms with Crippen molar-refractivity contribution in [3.63, 3.8) is 0 Å². The van der Waals surface area contributed by atoms with E-state index in [1.165, 1.54) is 17.7 Å². The molecular weight excluding hydrogens is 531 g/mol. The molecule has 0 saturated carbocycles. The molecule has 0 radical (unpaired) electrons. The van der Waals surface area contributed by atoms with Crippen LogP contribution in [0.3, 0.4) is 0 Å². The van der Waals surface area contributed by atoms with Crippen LogP contribution in [-0.4, -0.2) is 50.5 Å². The summed E-state index contributed by atoms with van der Waals surface area (Å²) < 4.78 is 19.2. The van der Waals surface area contributed by atoms with Gasteiger partial charge in [0.05, 0.1) is 12.5 Å². The molecule has 6 rings (SSSR count). The van der Waals surface area contributed by atoms with E-state index in [0.717, 1.165) is 57.3 Å². The molecule has 2 aliphatic heterocycles. The number of rotatable bonds is 4. The molecule has 2 aromatic carbocycles. The van der Waals surface area contributed by atoms with Gasteiger partial charge in [-0.2, -0.15) is 0 Å². The fourth-order valence-corrected chi connectivity index (χ4v) is 6.22. The summed E-state index contributed by atoms with van der Waals surface area (Å²) in [5.41, 5.74) is 7.62. The molecule has 2 aliphatic rings. The Morgan fingerprint density at radius 2 is 1.88 bits per heavy atom. The Kier molecular flexibility index (Phi) is 7.25. The SMILES string of the molecule is Cc1c[nH]c2ncc(-c3cc4c(c([C@@H]5CCCN5C(=O)OC(C)(C)C)c3)CCN(C(=O)Cc3ccc(F)cc3)C4)cc12. The van der Waals surface area contributed by atoms with Crippen molar-refractivity contribution in [1.82, 2.24) is 19.8 Å². The molecule has 218 valence electrons. The summed E-state index contributed by atoms with van der Waals surface area (Å²) in [6.07, 6.45) is 6.24. The molecule has 1 fully saturated rings. The third-order valence-electron chi connectivity index (χ3n) is 8.30. The van der Waals surface area contributed by atoms with Crippen LogP contribution >= 0.6 is 0 Å². The minimum absolute atomic E-state index is 0.0153. The first-order valence-corrected chi connectivity index (χ1v) is 14.7. The van der Waals surface area contributed by atoms with Gasteiger partial charge >= 0.3 is 6.09 Å². The van der Waals surface area contributed by atoms with Crippen LogP contribution in [0.2, 0.25) is 0 Å². The van der Waals surface area contributed by atoms with Crippen molar-refractivity contribution in [2.75, 3.05) is 13.1 Å². The number of aromatic amines is 1. The van der Waals surface area contributed by atoms with Crippen molar-refractivity contribution in [1.29, 1.82) is 0 Å². The first-order chi connectivity index (χ1) is 20.1. The largest absolute Gasteiger partial charge is 0.444 e. The maximum Gasteiger partial charge on any atom is 0.410 e. The number of benzene rings is 2. The number of aromatic nitrogens is 2. The monoisotopic (exact) mass is 568 g/mol. The summed E-state index contributed by atoms with van der Waals surface area (Å²) in [5.74, 6) is -0.297. The second-order valence-electron chi connectivity index (χ2n) is 12.5. The molecular formula is C34H37FN4O3. The van der Waals surface area contributed by atoms with Crippen LogP contribution < -0.4 is 0 Å². The van der Waals surface area contributed by atoms with Crippen molar-refractivity contribution < 1.29 is 18.7 Å². The molecule has 42 heavy (non-hydrogen) atoms. The number of nitrogens with zero attached hydrogens (tertiary/aromatic N) is 3. The molecule has 1 N–H and O–H groups in total. The number of ether oxygens (including phenoxy) is 1. The first kappa shape index (κ1) is 27.9. The second kappa shape index (κ2) is 10.9. The van der Waals surface area contributed by atoms with E-state index in [4.69, 9.17) is 4.74 Å². The molecule has 4 heterocycles. The quantitative estimate of drug-likeness (QED) is 0.291. The Hall–Kier alpha value is -4.20. The summed E-state index contributed by atoms with van der Waals surface area (Å²) in [4.78, 5) is 38.2. The number of pyridine rings is 1. The summed E-state index contributed by atoms with van der Waals surface area (Å²) in [6.45, 7) is 9.45. The number of amides is 2. The van der Waals surface area contributed by atoms with E-state index in [2.05, 4.69) is 35.1 Å². The van der Waals surface area contributed by atoms with Gasteiger partial charge in [0.2, 0.25) is 5.91 Å². The van der Waals surface area contributed by atoms with Crippen LogP contribution in [0.5, 0.6) is 0 Å². The van der Waals surface area contributed by atoms with Crippen LogP contribution in [0.25, 0.3) is 22.2 Å². The van der Waals surface area contributed by atoms with E-state index >= 15 is 0 Å². The summed E-state index contributed by atoms with van der Waals surface area (Å²) in [5, 5.41) is 1.07. The van der Waals surface area contributed by atoms with Gasteiger partial charge in [-0.25, -0.2) is 14.2 Å². The van der Waals surface area contributed by atoms with Gasteiger partial charge in [-0.3, -0.25) is 4.79 Å². The normalized spacial score (nSPS) is 17.0. The molecule has 7 nitrogen and oxygen atoms in total. The van der Waals surface area contributed by atoms with E-state index in [-0.39, 0.29) is 30.3 Å². The number of carbonyl (C=O) groups is 2.